The zero-order valence-corrected chi connectivity index (χ0v) is 16.4. The number of aryl methyl sites for hydroxylation is 2. The predicted molar refractivity (Wildman–Crippen MR) is 103 cm³/mol. The molecule has 0 atom stereocenters. The number of rotatable bonds is 4. The molecule has 0 saturated heterocycles. The Morgan fingerprint density at radius 2 is 2.03 bits per heavy atom. The second kappa shape index (κ2) is 9.17. The molecule has 0 aliphatic rings. The average molecular weight is 417 g/mol. The van der Waals surface area contributed by atoms with E-state index in [4.69, 9.17) is 5.26 Å². The second-order valence-corrected chi connectivity index (χ2v) is 6.42. The van der Waals surface area contributed by atoms with Crippen molar-refractivity contribution in [2.75, 3.05) is 0 Å². The van der Waals surface area contributed by atoms with Crippen LogP contribution in [0.5, 0.6) is 0 Å². The molecule has 10 heteroatoms. The van der Waals surface area contributed by atoms with Crippen molar-refractivity contribution in [1.82, 2.24) is 20.3 Å². The van der Waals surface area contributed by atoms with Gasteiger partial charge in [0.25, 0.3) is 11.5 Å². The normalized spacial score (nSPS) is 10.7. The van der Waals surface area contributed by atoms with E-state index in [9.17, 15) is 22.8 Å². The number of fused-ring (bicyclic) bond motifs is 1. The molecule has 0 spiro atoms. The average Bonchev–Trinajstić information content (AvgIpc) is 2.66. The fourth-order valence-corrected chi connectivity index (χ4v) is 2.95. The molecule has 0 aliphatic heterocycles. The molecule has 2 N–H and O–H groups in total. The molecule has 0 radical (unpaired) electrons. The lowest BCUT2D eigenvalue weighted by Crippen LogP contribution is -2.24. The number of carbonyl (C=O) groups excluding carboxylic acids is 1. The number of carbonyl (C=O) groups is 1. The van der Waals surface area contributed by atoms with Crippen LogP contribution >= 0.6 is 0 Å². The fourth-order valence-electron chi connectivity index (χ4n) is 2.95. The molecule has 30 heavy (non-hydrogen) atoms. The van der Waals surface area contributed by atoms with Crippen LogP contribution in [-0.2, 0) is 17.3 Å². The first kappa shape index (κ1) is 22.5. The Balaban J connectivity index is 0.000000222. The molecule has 3 heterocycles. The molecule has 0 unspecified atom stereocenters. The first-order valence-corrected chi connectivity index (χ1v) is 8.68. The third kappa shape index (κ3) is 5.00. The SMILES string of the molecule is Cc1nccc2[nH]c(=O)c(C(C)(F)F)c(C)c12.N#Cc1cnc(CNC=O)c(F)c1. The van der Waals surface area contributed by atoms with Crippen LogP contribution in [0.15, 0.2) is 29.3 Å². The van der Waals surface area contributed by atoms with Crippen molar-refractivity contribution in [2.45, 2.75) is 33.2 Å². The fraction of sp³-hybridized carbons (Fsp3) is 0.250. The highest BCUT2D eigenvalue weighted by Gasteiger charge is 2.31. The topological polar surface area (TPSA) is 112 Å². The van der Waals surface area contributed by atoms with Crippen molar-refractivity contribution in [2.24, 2.45) is 0 Å². The smallest absolute Gasteiger partial charge is 0.276 e. The van der Waals surface area contributed by atoms with Crippen LogP contribution < -0.4 is 10.9 Å². The van der Waals surface area contributed by atoms with Gasteiger partial charge in [0.05, 0.1) is 28.9 Å². The number of hydrogen-bond donors (Lipinski definition) is 2. The van der Waals surface area contributed by atoms with Gasteiger partial charge in [-0.15, -0.1) is 0 Å². The van der Waals surface area contributed by atoms with Gasteiger partial charge in [-0.2, -0.15) is 5.26 Å². The van der Waals surface area contributed by atoms with Crippen LogP contribution in [0.1, 0.15) is 35.0 Å². The van der Waals surface area contributed by atoms with Gasteiger partial charge in [0.2, 0.25) is 6.41 Å². The largest absolute Gasteiger partial charge is 0.353 e. The molecule has 1 amide bonds. The Hall–Kier alpha value is -3.74. The van der Waals surface area contributed by atoms with Gasteiger partial charge < -0.3 is 10.3 Å². The maximum absolute atomic E-state index is 13.4. The minimum atomic E-state index is -3.16. The van der Waals surface area contributed by atoms with E-state index in [0.717, 1.165) is 13.0 Å². The Kier molecular flexibility index (Phi) is 6.89. The first-order chi connectivity index (χ1) is 14.1. The number of aromatic nitrogens is 3. The number of nitriles is 1. The molecular weight excluding hydrogens is 399 g/mol. The molecule has 3 aromatic heterocycles. The molecule has 0 aromatic carbocycles. The van der Waals surface area contributed by atoms with Crippen LogP contribution in [0.25, 0.3) is 10.9 Å². The molecule has 7 nitrogen and oxygen atoms in total. The van der Waals surface area contributed by atoms with Crippen LogP contribution in [0.3, 0.4) is 0 Å². The summed E-state index contributed by atoms with van der Waals surface area (Å²) in [5.74, 6) is -3.75. The molecule has 3 rings (SSSR count). The van der Waals surface area contributed by atoms with Crippen molar-refractivity contribution < 1.29 is 18.0 Å². The lowest BCUT2D eigenvalue weighted by Gasteiger charge is -2.15. The van der Waals surface area contributed by atoms with E-state index < -0.39 is 22.9 Å². The van der Waals surface area contributed by atoms with Gasteiger partial charge in [-0.1, -0.05) is 0 Å². The summed E-state index contributed by atoms with van der Waals surface area (Å²) in [5, 5.41) is 11.3. The van der Waals surface area contributed by atoms with E-state index in [1.165, 1.54) is 19.3 Å². The van der Waals surface area contributed by atoms with Crippen molar-refractivity contribution in [3.63, 3.8) is 0 Å². The Bertz CT molecular complexity index is 1180. The van der Waals surface area contributed by atoms with Gasteiger partial charge >= 0.3 is 0 Å². The molecule has 0 saturated carbocycles. The quantitative estimate of drug-likeness (QED) is 0.634. The second-order valence-electron chi connectivity index (χ2n) is 6.42. The molecule has 0 fully saturated rings. The number of amides is 1. The Morgan fingerprint density at radius 3 is 2.60 bits per heavy atom. The molecular formula is C20H18F3N5O2. The van der Waals surface area contributed by atoms with E-state index in [-0.39, 0.29) is 17.8 Å². The number of halogens is 3. The van der Waals surface area contributed by atoms with Gasteiger partial charge in [0.1, 0.15) is 11.9 Å². The minimum Gasteiger partial charge on any atom is -0.353 e. The van der Waals surface area contributed by atoms with Crippen molar-refractivity contribution in [3.05, 3.63) is 68.8 Å². The van der Waals surface area contributed by atoms with Gasteiger partial charge in [0, 0.05) is 30.4 Å². The van der Waals surface area contributed by atoms with Gasteiger partial charge in [0.15, 0.2) is 0 Å². The number of alkyl halides is 2. The summed E-state index contributed by atoms with van der Waals surface area (Å²) in [4.78, 5) is 31.7. The minimum absolute atomic E-state index is 0.0288. The van der Waals surface area contributed by atoms with Crippen molar-refractivity contribution in [3.8, 4) is 6.07 Å². The lowest BCUT2D eigenvalue weighted by molar-refractivity contribution is -0.109. The number of nitrogens with zero attached hydrogens (tertiary/aromatic N) is 3. The zero-order chi connectivity index (χ0) is 22.5. The predicted octanol–water partition coefficient (Wildman–Crippen LogP) is 2.99. The van der Waals surface area contributed by atoms with E-state index in [0.29, 0.717) is 28.6 Å². The maximum Gasteiger partial charge on any atom is 0.276 e. The summed E-state index contributed by atoms with van der Waals surface area (Å²) >= 11 is 0. The summed E-state index contributed by atoms with van der Waals surface area (Å²) in [7, 11) is 0. The monoisotopic (exact) mass is 417 g/mol. The Morgan fingerprint density at radius 1 is 1.33 bits per heavy atom. The third-order valence-electron chi connectivity index (χ3n) is 4.20. The van der Waals surface area contributed by atoms with E-state index in [1.807, 2.05) is 0 Å². The zero-order valence-electron chi connectivity index (χ0n) is 16.4. The molecule has 156 valence electrons. The summed E-state index contributed by atoms with van der Waals surface area (Å²) in [6.45, 7) is 4.01. The van der Waals surface area contributed by atoms with Gasteiger partial charge in [-0.05, 0) is 31.5 Å². The summed E-state index contributed by atoms with van der Waals surface area (Å²) in [5.41, 5.74) is 0.504. The van der Waals surface area contributed by atoms with Gasteiger partial charge in [-0.25, -0.2) is 13.2 Å². The highest BCUT2D eigenvalue weighted by Crippen LogP contribution is 2.30. The van der Waals surface area contributed by atoms with Crippen LogP contribution in [0.2, 0.25) is 0 Å². The van der Waals surface area contributed by atoms with Crippen LogP contribution in [0, 0.1) is 31.0 Å². The van der Waals surface area contributed by atoms with E-state index in [1.54, 1.807) is 19.1 Å². The van der Waals surface area contributed by atoms with Crippen molar-refractivity contribution >= 4 is 17.3 Å². The lowest BCUT2D eigenvalue weighted by atomic mass is 10.0. The first-order valence-electron chi connectivity index (χ1n) is 8.68. The molecule has 0 aliphatic carbocycles. The number of H-pyrrole nitrogens is 1. The van der Waals surface area contributed by atoms with Crippen molar-refractivity contribution in [1.29, 1.82) is 5.26 Å². The number of hydrogen-bond acceptors (Lipinski definition) is 5. The van der Waals surface area contributed by atoms with Gasteiger partial charge in [-0.3, -0.25) is 19.6 Å². The number of nitrogens with one attached hydrogen (secondary N) is 2. The highest BCUT2D eigenvalue weighted by molar-refractivity contribution is 5.84. The number of aromatic amines is 1. The third-order valence-corrected chi connectivity index (χ3v) is 4.20. The Labute approximate surface area is 169 Å². The van der Waals surface area contributed by atoms with E-state index in [2.05, 4.69) is 20.3 Å². The highest BCUT2D eigenvalue weighted by atomic mass is 19.3. The molecule has 0 bridgehead atoms. The maximum atomic E-state index is 13.4. The standard InChI is InChI=1S/C12H12F2N2O.C8H6FN3O/c1-6-9-7(2)15-5-4-8(9)16-11(17)10(6)12(3,13)14;9-7-1-6(2-10)3-12-8(7)4-11-5-13/h4-5H,1-3H3,(H,16,17);1,3,5H,4H2,(H,11,13). The summed E-state index contributed by atoms with van der Waals surface area (Å²) < 4.78 is 39.8. The van der Waals surface area contributed by atoms with E-state index >= 15 is 0 Å². The molecule has 3 aromatic rings. The van der Waals surface area contributed by atoms with Crippen LogP contribution in [0.4, 0.5) is 13.2 Å². The van der Waals surface area contributed by atoms with Crippen LogP contribution in [-0.4, -0.2) is 21.4 Å². The summed E-state index contributed by atoms with van der Waals surface area (Å²) in [6.07, 6.45) is 3.25. The summed E-state index contributed by atoms with van der Waals surface area (Å²) in [6, 6.07) is 4.44. The number of pyridine rings is 3.